The molecule has 0 heterocycles. The summed E-state index contributed by atoms with van der Waals surface area (Å²) in [5, 5.41) is 0. The highest BCUT2D eigenvalue weighted by Gasteiger charge is 2.38. The van der Waals surface area contributed by atoms with Gasteiger partial charge in [-0.25, -0.2) is 0 Å². The second-order valence-electron chi connectivity index (χ2n) is 6.41. The summed E-state index contributed by atoms with van der Waals surface area (Å²) in [6, 6.07) is 0. The minimum Gasteiger partial charge on any atom is -0.465 e. The van der Waals surface area contributed by atoms with Crippen LogP contribution in [-0.2, 0) is 38.1 Å². The van der Waals surface area contributed by atoms with Crippen LogP contribution in [0, 0.1) is 12.0 Å². The Labute approximate surface area is 175 Å². The zero-order valence-electron chi connectivity index (χ0n) is 17.0. The van der Waals surface area contributed by atoms with E-state index in [2.05, 4.69) is 4.85 Å². The first-order valence-electron chi connectivity index (χ1n) is 9.42. The van der Waals surface area contributed by atoms with Crippen molar-refractivity contribution >= 4 is 23.9 Å². The maximum absolute atomic E-state index is 11.9. The molecule has 30 heavy (non-hydrogen) atoms. The van der Waals surface area contributed by atoms with E-state index in [1.807, 2.05) is 0 Å². The highest BCUT2D eigenvalue weighted by atomic mass is 16.6. The van der Waals surface area contributed by atoms with Gasteiger partial charge in [0.05, 0.1) is 19.3 Å². The minimum atomic E-state index is -1.34. The fourth-order valence-electron chi connectivity index (χ4n) is 1.98. The molecule has 12 heteroatoms. The van der Waals surface area contributed by atoms with Gasteiger partial charge in [-0.05, 0) is 0 Å². The number of carbonyl (C=O) groups excluding carboxylic acids is 4. The Bertz CT molecular complexity index is 550. The average Bonchev–Trinajstić information content (AvgIpc) is 2.72. The number of carbonyl (C=O) groups is 4. The number of ether oxygens (including phenoxy) is 4. The number of hydrogen-bond donors (Lipinski definition) is 3. The fraction of sp³-hybridized carbons (Fsp3) is 0.722. The van der Waals surface area contributed by atoms with Gasteiger partial charge in [-0.15, -0.1) is 0 Å². The van der Waals surface area contributed by atoms with Crippen LogP contribution in [0.15, 0.2) is 0 Å². The zero-order valence-corrected chi connectivity index (χ0v) is 17.0. The molecule has 0 saturated heterocycles. The van der Waals surface area contributed by atoms with Crippen molar-refractivity contribution in [1.29, 1.82) is 0 Å². The van der Waals surface area contributed by atoms with Crippen LogP contribution in [0.4, 0.5) is 0 Å². The van der Waals surface area contributed by atoms with Crippen LogP contribution in [-0.4, -0.2) is 76.5 Å². The summed E-state index contributed by atoms with van der Waals surface area (Å²) in [7, 11) is 0. The van der Waals surface area contributed by atoms with E-state index >= 15 is 0 Å². The molecule has 0 aromatic heterocycles. The van der Waals surface area contributed by atoms with E-state index in [0.29, 0.717) is 0 Å². The molecule has 170 valence electrons. The number of esters is 4. The number of nitrogens with zero attached hydrogens (tertiary/aromatic N) is 1. The van der Waals surface area contributed by atoms with Gasteiger partial charge in [-0.3, -0.25) is 19.2 Å². The van der Waals surface area contributed by atoms with E-state index in [1.165, 1.54) is 0 Å². The second kappa shape index (κ2) is 16.1. The van der Waals surface area contributed by atoms with Gasteiger partial charge >= 0.3 is 23.9 Å². The molecule has 0 aromatic carbocycles. The molecule has 0 bridgehead atoms. The highest BCUT2D eigenvalue weighted by Crippen LogP contribution is 2.22. The molecule has 0 atom stereocenters. The van der Waals surface area contributed by atoms with Crippen LogP contribution in [0.3, 0.4) is 0 Å². The molecule has 0 saturated carbocycles. The average molecular weight is 431 g/mol. The first-order chi connectivity index (χ1) is 14.3. The van der Waals surface area contributed by atoms with Crippen LogP contribution in [0.5, 0.6) is 0 Å². The van der Waals surface area contributed by atoms with Crippen LogP contribution in [0.1, 0.15) is 25.7 Å². The van der Waals surface area contributed by atoms with E-state index in [9.17, 15) is 19.2 Å². The summed E-state index contributed by atoms with van der Waals surface area (Å²) < 4.78 is 20.7. The summed E-state index contributed by atoms with van der Waals surface area (Å²) in [4.78, 5) is 50.5. The van der Waals surface area contributed by atoms with Gasteiger partial charge in [0.25, 0.3) is 13.1 Å². The van der Waals surface area contributed by atoms with Crippen LogP contribution < -0.4 is 17.2 Å². The largest absolute Gasteiger partial charge is 0.465 e. The fourth-order valence-corrected chi connectivity index (χ4v) is 1.98. The smallest absolute Gasteiger partial charge is 0.313 e. The van der Waals surface area contributed by atoms with Crippen molar-refractivity contribution in [2.75, 3.05) is 52.6 Å². The van der Waals surface area contributed by atoms with E-state index in [1.54, 1.807) is 0 Å². The van der Waals surface area contributed by atoms with Gasteiger partial charge < -0.3 is 36.1 Å². The number of rotatable bonds is 16. The normalized spacial score (nSPS) is 10.6. The lowest BCUT2D eigenvalue weighted by molar-refractivity contribution is -0.170. The van der Waals surface area contributed by atoms with Gasteiger partial charge in [0.1, 0.15) is 38.3 Å². The minimum absolute atomic E-state index is 0.0478. The molecule has 0 spiro atoms. The zero-order chi connectivity index (χ0) is 22.8. The Balaban J connectivity index is 5.39. The standard InChI is InChI=1S/C18H31N4O8/c1-22-9-5-17(26)30-13-18(10-27-14(23)2-6-19,11-28-15(24)3-7-20)12-29-16(25)4-8-21/h1H,2-13,19-21H2/q+1. The molecular weight excluding hydrogens is 400 g/mol. The summed E-state index contributed by atoms with van der Waals surface area (Å²) in [6.07, 6.45) is -0.227. The van der Waals surface area contributed by atoms with Crippen molar-refractivity contribution < 1.29 is 38.1 Å². The van der Waals surface area contributed by atoms with Gasteiger partial charge in [0, 0.05) is 19.6 Å². The molecule has 0 radical (unpaired) electrons. The quantitative estimate of drug-likeness (QED) is 0.191. The van der Waals surface area contributed by atoms with E-state index in [4.69, 9.17) is 42.7 Å². The van der Waals surface area contributed by atoms with Gasteiger partial charge in [-0.1, -0.05) is 4.85 Å². The Morgan fingerprint density at radius 2 is 0.933 bits per heavy atom. The third kappa shape index (κ3) is 12.7. The molecule has 0 aliphatic rings. The maximum Gasteiger partial charge on any atom is 0.313 e. The first-order valence-corrected chi connectivity index (χ1v) is 9.42. The highest BCUT2D eigenvalue weighted by molar-refractivity contribution is 5.71. The van der Waals surface area contributed by atoms with Crippen molar-refractivity contribution in [3.05, 3.63) is 4.85 Å². The molecule has 0 unspecified atom stereocenters. The van der Waals surface area contributed by atoms with Gasteiger partial charge in [-0.2, -0.15) is 0 Å². The maximum atomic E-state index is 11.9. The lowest BCUT2D eigenvalue weighted by Crippen LogP contribution is -2.44. The summed E-state index contributed by atoms with van der Waals surface area (Å²) in [5.41, 5.74) is 14.6. The van der Waals surface area contributed by atoms with Gasteiger partial charge in [0.15, 0.2) is 0 Å². The SMILES string of the molecule is C#[N+]CCC(=O)OCC(COC(=O)CCN)(COC(=O)CCN)COC(=O)CCN. The molecule has 0 aliphatic carbocycles. The topological polar surface area (TPSA) is 188 Å². The van der Waals surface area contributed by atoms with Crippen molar-refractivity contribution in [1.82, 2.24) is 0 Å². The predicted octanol–water partition coefficient (Wildman–Crippen LogP) is -1.46. The van der Waals surface area contributed by atoms with E-state index in [0.717, 1.165) is 0 Å². The summed E-state index contributed by atoms with van der Waals surface area (Å²) in [6.45, 7) is 3.83. The third-order valence-corrected chi connectivity index (χ3v) is 3.65. The Morgan fingerprint density at radius 3 is 1.20 bits per heavy atom. The second-order valence-corrected chi connectivity index (χ2v) is 6.41. The predicted molar refractivity (Wildman–Crippen MR) is 105 cm³/mol. The molecule has 6 N–H and O–H groups in total. The van der Waals surface area contributed by atoms with Crippen molar-refractivity contribution in [2.45, 2.75) is 25.7 Å². The third-order valence-electron chi connectivity index (χ3n) is 3.65. The lowest BCUT2D eigenvalue weighted by atomic mass is 9.92. The van der Waals surface area contributed by atoms with Crippen molar-refractivity contribution in [3.63, 3.8) is 0 Å². The van der Waals surface area contributed by atoms with Crippen molar-refractivity contribution in [3.8, 4) is 6.57 Å². The molecule has 0 rings (SSSR count). The van der Waals surface area contributed by atoms with Crippen LogP contribution in [0.25, 0.3) is 4.85 Å². The van der Waals surface area contributed by atoms with E-state index < -0.39 is 29.3 Å². The monoisotopic (exact) mass is 431 g/mol. The summed E-state index contributed by atoms with van der Waals surface area (Å²) in [5.74, 6) is -2.48. The molecule has 0 aromatic rings. The first kappa shape index (κ1) is 27.2. The molecule has 0 fully saturated rings. The Kier molecular flexibility index (Phi) is 14.6. The van der Waals surface area contributed by atoms with Crippen LogP contribution in [0.2, 0.25) is 0 Å². The molecular formula is C18H31N4O8+. The van der Waals surface area contributed by atoms with Crippen molar-refractivity contribution in [2.24, 2.45) is 22.6 Å². The number of nitrogens with two attached hydrogens (primary N) is 3. The molecule has 0 amide bonds. The lowest BCUT2D eigenvalue weighted by Gasteiger charge is -2.31. The Morgan fingerprint density at radius 1 is 0.633 bits per heavy atom. The van der Waals surface area contributed by atoms with Crippen LogP contribution >= 0.6 is 0 Å². The number of hydrogen-bond acceptors (Lipinski definition) is 11. The molecule has 0 aliphatic heterocycles. The van der Waals surface area contributed by atoms with Gasteiger partial charge in [0.2, 0.25) is 0 Å². The summed E-state index contributed by atoms with van der Waals surface area (Å²) >= 11 is 0. The van der Waals surface area contributed by atoms with E-state index in [-0.39, 0.29) is 78.3 Å². The molecule has 12 nitrogen and oxygen atoms in total. The Hall–Kier alpha value is -2.75.